The number of allylic oxidation sites excluding steroid dienone is 3. The van der Waals surface area contributed by atoms with Gasteiger partial charge in [-0.15, -0.1) is 0 Å². The van der Waals surface area contributed by atoms with Gasteiger partial charge in [-0.1, -0.05) is 43.6 Å². The number of hydrogen-bond acceptors (Lipinski definition) is 1. The molecule has 0 aromatic rings. The summed E-state index contributed by atoms with van der Waals surface area (Å²) in [5.41, 5.74) is 2.60. The van der Waals surface area contributed by atoms with Crippen LogP contribution in [0.2, 0.25) is 0 Å². The van der Waals surface area contributed by atoms with E-state index in [-0.39, 0.29) is 16.7 Å². The quantitative estimate of drug-likeness (QED) is 0.629. The third-order valence-electron chi connectivity index (χ3n) is 5.58. The Labute approximate surface area is 110 Å². The molecule has 0 aliphatic heterocycles. The van der Waals surface area contributed by atoms with Gasteiger partial charge in [0, 0.05) is 16.7 Å². The standard InChI is InChI=1S/C17H24O/c1-11(2)9-16(4)10-17-8-6-5-7-13(17)12(3)14(16)15(17)18/h9,13-14H,3,5-8,10H2,1-2,4H3/t13-,14+,16+,17-/m1/s1. The molecule has 0 radical (unpaired) electrons. The van der Waals surface area contributed by atoms with Crippen LogP contribution >= 0.6 is 0 Å². The number of carbonyl (C=O) groups excluding carboxylic acids is 1. The Balaban J connectivity index is 2.08. The van der Waals surface area contributed by atoms with E-state index in [9.17, 15) is 4.79 Å². The van der Waals surface area contributed by atoms with Crippen LogP contribution in [0.3, 0.4) is 0 Å². The highest BCUT2D eigenvalue weighted by Gasteiger charge is 2.68. The highest BCUT2D eigenvalue weighted by atomic mass is 16.1. The summed E-state index contributed by atoms with van der Waals surface area (Å²) < 4.78 is 0. The van der Waals surface area contributed by atoms with Crippen molar-refractivity contribution in [2.45, 2.75) is 52.9 Å². The molecule has 0 aromatic carbocycles. The Bertz CT molecular complexity index is 454. The van der Waals surface area contributed by atoms with Gasteiger partial charge in [0.25, 0.3) is 0 Å². The molecule has 18 heavy (non-hydrogen) atoms. The van der Waals surface area contributed by atoms with Crippen LogP contribution in [-0.2, 0) is 4.79 Å². The van der Waals surface area contributed by atoms with E-state index in [4.69, 9.17) is 0 Å². The van der Waals surface area contributed by atoms with Crippen molar-refractivity contribution in [3.63, 3.8) is 0 Å². The van der Waals surface area contributed by atoms with Gasteiger partial charge < -0.3 is 0 Å². The van der Waals surface area contributed by atoms with Gasteiger partial charge in [-0.3, -0.25) is 4.79 Å². The van der Waals surface area contributed by atoms with Crippen molar-refractivity contribution in [2.75, 3.05) is 0 Å². The topological polar surface area (TPSA) is 17.1 Å². The minimum Gasteiger partial charge on any atom is -0.298 e. The Hall–Kier alpha value is -0.850. The van der Waals surface area contributed by atoms with Gasteiger partial charge in [0.15, 0.2) is 0 Å². The summed E-state index contributed by atoms with van der Waals surface area (Å²) in [6.07, 6.45) is 8.22. The molecule has 3 fully saturated rings. The maximum absolute atomic E-state index is 12.8. The normalized spacial score (nSPS) is 46.2. The van der Waals surface area contributed by atoms with Crippen LogP contribution in [0.4, 0.5) is 0 Å². The van der Waals surface area contributed by atoms with Crippen LogP contribution in [0.1, 0.15) is 52.9 Å². The van der Waals surface area contributed by atoms with E-state index < -0.39 is 0 Å². The number of ketones is 1. The van der Waals surface area contributed by atoms with Crippen LogP contribution in [0.15, 0.2) is 23.8 Å². The molecule has 3 aliphatic rings. The number of hydrogen-bond donors (Lipinski definition) is 0. The molecule has 1 nitrogen and oxygen atoms in total. The second-order valence-electron chi connectivity index (χ2n) is 7.23. The maximum atomic E-state index is 12.8. The van der Waals surface area contributed by atoms with E-state index >= 15 is 0 Å². The van der Waals surface area contributed by atoms with Crippen molar-refractivity contribution in [2.24, 2.45) is 22.7 Å². The number of rotatable bonds is 1. The van der Waals surface area contributed by atoms with Crippen molar-refractivity contribution in [1.82, 2.24) is 0 Å². The molecule has 4 atom stereocenters. The van der Waals surface area contributed by atoms with Gasteiger partial charge in [-0.2, -0.15) is 0 Å². The second kappa shape index (κ2) is 3.59. The van der Waals surface area contributed by atoms with Gasteiger partial charge >= 0.3 is 0 Å². The third kappa shape index (κ3) is 1.31. The van der Waals surface area contributed by atoms with Crippen LogP contribution in [0, 0.1) is 22.7 Å². The molecule has 0 heterocycles. The number of fused-ring (bicyclic) bond motifs is 1. The molecule has 2 bridgehead atoms. The Morgan fingerprint density at radius 3 is 2.78 bits per heavy atom. The number of Topliss-reactive ketones (excluding diaryl/α,β-unsaturated/α-hetero) is 1. The van der Waals surface area contributed by atoms with Gasteiger partial charge in [0.2, 0.25) is 0 Å². The summed E-state index contributed by atoms with van der Waals surface area (Å²) >= 11 is 0. The summed E-state index contributed by atoms with van der Waals surface area (Å²) in [7, 11) is 0. The van der Waals surface area contributed by atoms with Crippen molar-refractivity contribution < 1.29 is 4.79 Å². The molecular weight excluding hydrogens is 220 g/mol. The minimum absolute atomic E-state index is 0.0271. The molecular formula is C17H24O. The lowest BCUT2D eigenvalue weighted by Gasteiger charge is -2.44. The van der Waals surface area contributed by atoms with Gasteiger partial charge in [-0.25, -0.2) is 0 Å². The molecule has 0 saturated heterocycles. The molecule has 3 aliphatic carbocycles. The second-order valence-corrected chi connectivity index (χ2v) is 7.23. The molecule has 98 valence electrons. The van der Waals surface area contributed by atoms with Gasteiger partial charge in [0.05, 0.1) is 0 Å². The zero-order valence-electron chi connectivity index (χ0n) is 11.9. The SMILES string of the molecule is C=C1[C@H]2C(=O)[C@]3(CCCC[C@H]13)C[C@]2(C)C=C(C)C. The zero-order valence-corrected chi connectivity index (χ0v) is 11.9. The van der Waals surface area contributed by atoms with Gasteiger partial charge in [0.1, 0.15) is 5.78 Å². The lowest BCUT2D eigenvalue weighted by molar-refractivity contribution is -0.128. The smallest absolute Gasteiger partial charge is 0.147 e. The minimum atomic E-state index is -0.0271. The molecule has 1 spiro atoms. The van der Waals surface area contributed by atoms with E-state index in [0.29, 0.717) is 11.7 Å². The van der Waals surface area contributed by atoms with Crippen molar-refractivity contribution >= 4 is 5.78 Å². The summed E-state index contributed by atoms with van der Waals surface area (Å²) in [6.45, 7) is 10.9. The van der Waals surface area contributed by atoms with Crippen molar-refractivity contribution in [3.8, 4) is 0 Å². The largest absolute Gasteiger partial charge is 0.298 e. The van der Waals surface area contributed by atoms with Crippen LogP contribution in [0.25, 0.3) is 0 Å². The summed E-state index contributed by atoms with van der Waals surface area (Å²) in [4.78, 5) is 12.8. The molecule has 1 heteroatoms. The van der Waals surface area contributed by atoms with E-state index in [0.717, 1.165) is 12.8 Å². The maximum Gasteiger partial charge on any atom is 0.147 e. The average molecular weight is 244 g/mol. The first-order chi connectivity index (χ1) is 8.41. The van der Waals surface area contributed by atoms with Crippen LogP contribution in [0.5, 0.6) is 0 Å². The lowest BCUT2D eigenvalue weighted by Crippen LogP contribution is -2.37. The average Bonchev–Trinajstić information content (AvgIpc) is 2.59. The van der Waals surface area contributed by atoms with Crippen molar-refractivity contribution in [1.29, 1.82) is 0 Å². The van der Waals surface area contributed by atoms with E-state index in [1.165, 1.54) is 30.4 Å². The lowest BCUT2D eigenvalue weighted by atomic mass is 9.59. The summed E-state index contributed by atoms with van der Waals surface area (Å²) in [5, 5.41) is 0. The van der Waals surface area contributed by atoms with E-state index in [2.05, 4.69) is 33.4 Å². The fraction of sp³-hybridized carbons (Fsp3) is 0.706. The van der Waals surface area contributed by atoms with Crippen molar-refractivity contribution in [3.05, 3.63) is 23.8 Å². The van der Waals surface area contributed by atoms with Crippen LogP contribution < -0.4 is 0 Å². The van der Waals surface area contributed by atoms with Gasteiger partial charge in [-0.05, 0) is 39.0 Å². The molecule has 3 saturated carbocycles. The third-order valence-corrected chi connectivity index (χ3v) is 5.58. The first kappa shape index (κ1) is 12.2. The molecule has 0 aromatic heterocycles. The molecule has 0 unspecified atom stereocenters. The predicted molar refractivity (Wildman–Crippen MR) is 74.2 cm³/mol. The fourth-order valence-corrected chi connectivity index (χ4v) is 5.33. The van der Waals surface area contributed by atoms with E-state index in [1.807, 2.05) is 0 Å². The fourth-order valence-electron chi connectivity index (χ4n) is 5.33. The van der Waals surface area contributed by atoms with Crippen LogP contribution in [-0.4, -0.2) is 5.78 Å². The van der Waals surface area contributed by atoms with E-state index in [1.54, 1.807) is 0 Å². The first-order valence-corrected chi connectivity index (χ1v) is 7.30. The molecule has 0 N–H and O–H groups in total. The number of carbonyl (C=O) groups is 1. The molecule has 3 rings (SSSR count). The monoisotopic (exact) mass is 244 g/mol. The highest BCUT2D eigenvalue weighted by Crippen LogP contribution is 2.69. The Morgan fingerprint density at radius 2 is 2.11 bits per heavy atom. The predicted octanol–water partition coefficient (Wildman–Crippen LogP) is 4.29. The zero-order chi connectivity index (χ0) is 13.1. The Kier molecular flexibility index (Phi) is 2.43. The summed E-state index contributed by atoms with van der Waals surface area (Å²) in [6, 6.07) is 0. The summed E-state index contributed by atoms with van der Waals surface area (Å²) in [5.74, 6) is 1.13. The first-order valence-electron chi connectivity index (χ1n) is 7.30. The molecule has 0 amide bonds. The Morgan fingerprint density at radius 1 is 1.39 bits per heavy atom. The highest BCUT2D eigenvalue weighted by molar-refractivity contribution is 5.97.